The van der Waals surface area contributed by atoms with Crippen LogP contribution >= 0.6 is 0 Å². The van der Waals surface area contributed by atoms with E-state index in [0.717, 1.165) is 33.8 Å². The molecule has 1 aromatic heterocycles. The Balaban J connectivity index is 1.63. The van der Waals surface area contributed by atoms with Gasteiger partial charge in [0, 0.05) is 22.8 Å². The second-order valence-corrected chi connectivity index (χ2v) is 8.01. The summed E-state index contributed by atoms with van der Waals surface area (Å²) in [7, 11) is 0. The molecule has 0 radical (unpaired) electrons. The van der Waals surface area contributed by atoms with Gasteiger partial charge in [0.1, 0.15) is 11.6 Å². The van der Waals surface area contributed by atoms with Crippen LogP contribution in [0.3, 0.4) is 0 Å². The maximum absolute atomic E-state index is 12.7. The van der Waals surface area contributed by atoms with Crippen LogP contribution in [0, 0.1) is 32.1 Å². The summed E-state index contributed by atoms with van der Waals surface area (Å²) >= 11 is 0. The lowest BCUT2D eigenvalue weighted by molar-refractivity contribution is -0.112. The topological polar surface area (TPSA) is 57.8 Å². The van der Waals surface area contributed by atoms with Crippen molar-refractivity contribution in [2.24, 2.45) is 0 Å². The number of carbonyl (C=O) groups is 1. The number of nitriles is 1. The van der Waals surface area contributed by atoms with Crippen molar-refractivity contribution in [2.45, 2.75) is 20.8 Å². The monoisotopic (exact) mass is 431 g/mol. The molecule has 0 saturated heterocycles. The highest BCUT2D eigenvalue weighted by atomic mass is 16.1. The van der Waals surface area contributed by atoms with E-state index < -0.39 is 5.91 Å². The molecule has 4 nitrogen and oxygen atoms in total. The number of benzene rings is 3. The number of para-hydroxylation sites is 1. The summed E-state index contributed by atoms with van der Waals surface area (Å²) in [6.45, 7) is 5.94. The van der Waals surface area contributed by atoms with Crippen molar-refractivity contribution in [3.05, 3.63) is 113 Å². The van der Waals surface area contributed by atoms with Gasteiger partial charge in [-0.15, -0.1) is 0 Å². The van der Waals surface area contributed by atoms with Crippen molar-refractivity contribution in [3.8, 4) is 22.9 Å². The molecule has 0 spiro atoms. The van der Waals surface area contributed by atoms with Crippen molar-refractivity contribution in [2.75, 3.05) is 5.32 Å². The Hall–Kier alpha value is -4.36. The average molecular weight is 432 g/mol. The molecule has 0 aliphatic rings. The van der Waals surface area contributed by atoms with E-state index in [1.165, 1.54) is 5.56 Å². The van der Waals surface area contributed by atoms with Crippen LogP contribution in [0.4, 0.5) is 5.69 Å². The lowest BCUT2D eigenvalue weighted by Gasteiger charge is -2.11. The van der Waals surface area contributed by atoms with Gasteiger partial charge >= 0.3 is 0 Å². The van der Waals surface area contributed by atoms with Gasteiger partial charge in [-0.3, -0.25) is 4.79 Å². The molecule has 1 heterocycles. The zero-order valence-electron chi connectivity index (χ0n) is 19.0. The van der Waals surface area contributed by atoms with Gasteiger partial charge in [-0.05, 0) is 73.4 Å². The zero-order chi connectivity index (χ0) is 23.4. The number of hydrogen-bond donors (Lipinski definition) is 1. The summed E-state index contributed by atoms with van der Waals surface area (Å²) in [5.74, 6) is -0.413. The molecule has 0 fully saturated rings. The fourth-order valence-electron chi connectivity index (χ4n) is 3.97. The van der Waals surface area contributed by atoms with E-state index in [2.05, 4.69) is 52.4 Å². The van der Waals surface area contributed by atoms with Crippen molar-refractivity contribution in [3.63, 3.8) is 0 Å². The van der Waals surface area contributed by atoms with Gasteiger partial charge < -0.3 is 9.88 Å². The number of anilines is 1. The van der Waals surface area contributed by atoms with Crippen molar-refractivity contribution in [1.82, 2.24) is 4.57 Å². The molecule has 0 unspecified atom stereocenters. The second kappa shape index (κ2) is 9.42. The van der Waals surface area contributed by atoms with Crippen LogP contribution in [0.15, 0.2) is 90.5 Å². The maximum Gasteiger partial charge on any atom is 0.266 e. The van der Waals surface area contributed by atoms with Crippen LogP contribution < -0.4 is 5.32 Å². The SMILES string of the molecule is Cc1ccccc1NC(=O)/C(C#N)=C/c1cc(C)n(-c2ccc(-c3ccccc3)cc2)c1C. The van der Waals surface area contributed by atoms with Crippen molar-refractivity contribution in [1.29, 1.82) is 5.26 Å². The summed E-state index contributed by atoms with van der Waals surface area (Å²) in [5.41, 5.74) is 7.92. The molecule has 1 amide bonds. The molecule has 1 N–H and O–H groups in total. The highest BCUT2D eigenvalue weighted by Crippen LogP contribution is 2.26. The number of hydrogen-bond acceptors (Lipinski definition) is 2. The summed E-state index contributed by atoms with van der Waals surface area (Å²) in [5, 5.41) is 12.5. The molecular formula is C29H25N3O. The fraction of sp³-hybridized carbons (Fsp3) is 0.103. The van der Waals surface area contributed by atoms with Gasteiger partial charge in [0.05, 0.1) is 0 Å². The Labute approximate surface area is 194 Å². The third-order valence-corrected chi connectivity index (χ3v) is 5.76. The predicted octanol–water partition coefficient (Wildman–Crippen LogP) is 6.62. The number of aromatic nitrogens is 1. The molecule has 0 bridgehead atoms. The Kier molecular flexibility index (Phi) is 6.24. The van der Waals surface area contributed by atoms with Crippen LogP contribution in [0.5, 0.6) is 0 Å². The van der Waals surface area contributed by atoms with Crippen LogP contribution in [0.2, 0.25) is 0 Å². The van der Waals surface area contributed by atoms with Gasteiger partial charge in [0.2, 0.25) is 0 Å². The van der Waals surface area contributed by atoms with Gasteiger partial charge in [-0.2, -0.15) is 5.26 Å². The third-order valence-electron chi connectivity index (χ3n) is 5.76. The largest absolute Gasteiger partial charge is 0.321 e. The first-order chi connectivity index (χ1) is 16.0. The van der Waals surface area contributed by atoms with Crippen LogP contribution in [0.1, 0.15) is 22.5 Å². The number of carbonyl (C=O) groups excluding carboxylic acids is 1. The van der Waals surface area contributed by atoms with E-state index in [9.17, 15) is 10.1 Å². The molecule has 0 aliphatic carbocycles. The highest BCUT2D eigenvalue weighted by molar-refractivity contribution is 6.10. The van der Waals surface area contributed by atoms with E-state index >= 15 is 0 Å². The third kappa shape index (κ3) is 4.63. The van der Waals surface area contributed by atoms with Gasteiger partial charge in [-0.1, -0.05) is 60.7 Å². The molecular weight excluding hydrogens is 406 g/mol. The molecule has 4 heteroatoms. The van der Waals surface area contributed by atoms with Gasteiger partial charge in [0.15, 0.2) is 0 Å². The molecule has 4 rings (SSSR count). The molecule has 0 atom stereocenters. The Bertz CT molecular complexity index is 1370. The number of aryl methyl sites for hydroxylation is 2. The maximum atomic E-state index is 12.7. The van der Waals surface area contributed by atoms with E-state index in [4.69, 9.17) is 0 Å². The summed E-state index contributed by atoms with van der Waals surface area (Å²) in [4.78, 5) is 12.7. The molecule has 0 saturated carbocycles. The fourth-order valence-corrected chi connectivity index (χ4v) is 3.97. The average Bonchev–Trinajstić information content (AvgIpc) is 3.12. The predicted molar refractivity (Wildman–Crippen MR) is 134 cm³/mol. The van der Waals surface area contributed by atoms with Crippen molar-refractivity contribution >= 4 is 17.7 Å². The summed E-state index contributed by atoms with van der Waals surface area (Å²) in [6.07, 6.45) is 1.66. The van der Waals surface area contributed by atoms with Gasteiger partial charge in [0.25, 0.3) is 5.91 Å². The smallest absolute Gasteiger partial charge is 0.266 e. The highest BCUT2D eigenvalue weighted by Gasteiger charge is 2.14. The minimum Gasteiger partial charge on any atom is -0.321 e. The standard InChI is InChI=1S/C29H25N3O/c1-20-9-7-8-12-28(20)31-29(33)26(19-30)18-25-17-21(2)32(22(25)3)27-15-13-24(14-16-27)23-10-5-4-6-11-23/h4-18H,1-3H3,(H,31,33)/b26-18+. The first-order valence-corrected chi connectivity index (χ1v) is 10.8. The van der Waals surface area contributed by atoms with E-state index in [1.807, 2.05) is 69.3 Å². The van der Waals surface area contributed by atoms with Crippen LogP contribution in [0.25, 0.3) is 22.9 Å². The first-order valence-electron chi connectivity index (χ1n) is 10.8. The Morgan fingerprint density at radius 2 is 1.52 bits per heavy atom. The van der Waals surface area contributed by atoms with Crippen LogP contribution in [-0.4, -0.2) is 10.5 Å². The molecule has 3 aromatic carbocycles. The minimum absolute atomic E-state index is 0.0675. The number of rotatable bonds is 5. The molecule has 4 aromatic rings. The summed E-state index contributed by atoms with van der Waals surface area (Å²) < 4.78 is 2.13. The number of nitrogens with one attached hydrogen (secondary N) is 1. The lowest BCUT2D eigenvalue weighted by atomic mass is 10.1. The lowest BCUT2D eigenvalue weighted by Crippen LogP contribution is -2.14. The van der Waals surface area contributed by atoms with E-state index in [1.54, 1.807) is 6.08 Å². The van der Waals surface area contributed by atoms with Crippen LogP contribution in [-0.2, 0) is 4.79 Å². The normalized spacial score (nSPS) is 11.2. The van der Waals surface area contributed by atoms with E-state index in [-0.39, 0.29) is 5.57 Å². The summed E-state index contributed by atoms with van der Waals surface area (Å²) in [6, 6.07) is 30.2. The van der Waals surface area contributed by atoms with Gasteiger partial charge in [-0.25, -0.2) is 0 Å². The second-order valence-electron chi connectivity index (χ2n) is 8.01. The Morgan fingerprint density at radius 3 is 2.18 bits per heavy atom. The van der Waals surface area contributed by atoms with E-state index in [0.29, 0.717) is 5.69 Å². The minimum atomic E-state index is -0.413. The molecule has 0 aliphatic heterocycles. The number of nitrogens with zero attached hydrogens (tertiary/aromatic N) is 2. The molecule has 162 valence electrons. The first kappa shape index (κ1) is 21.9. The van der Waals surface area contributed by atoms with Crippen molar-refractivity contribution < 1.29 is 4.79 Å². The Morgan fingerprint density at radius 1 is 0.879 bits per heavy atom. The molecule has 33 heavy (non-hydrogen) atoms. The number of amides is 1. The quantitative estimate of drug-likeness (QED) is 0.285. The zero-order valence-corrected chi connectivity index (χ0v) is 19.0.